The number of nitrogens with one attached hydrogen (secondary N) is 1. The van der Waals surface area contributed by atoms with Gasteiger partial charge in [-0.2, -0.15) is 0 Å². The fraction of sp³-hybridized carbons (Fsp3) is 0.167. The van der Waals surface area contributed by atoms with Crippen molar-refractivity contribution in [3.05, 3.63) is 83.1 Å². The second kappa shape index (κ2) is 9.97. The molecule has 0 bridgehead atoms. The molecule has 8 heteroatoms. The van der Waals surface area contributed by atoms with E-state index in [1.807, 2.05) is 66.1 Å². The van der Waals surface area contributed by atoms with Crippen molar-refractivity contribution >= 4 is 35.0 Å². The number of benzene rings is 2. The van der Waals surface area contributed by atoms with Gasteiger partial charge in [0.1, 0.15) is 0 Å². The molecule has 0 fully saturated rings. The van der Waals surface area contributed by atoms with E-state index < -0.39 is 0 Å². The monoisotopic (exact) mass is 463 g/mol. The normalized spacial score (nSPS) is 10.8. The van der Waals surface area contributed by atoms with E-state index in [-0.39, 0.29) is 11.7 Å². The smallest absolute Gasteiger partial charge is 0.234 e. The number of carbonyl (C=O) groups is 1. The maximum Gasteiger partial charge on any atom is 0.234 e. The zero-order chi connectivity index (χ0) is 22.5. The van der Waals surface area contributed by atoms with Gasteiger partial charge < -0.3 is 5.32 Å². The number of thioether (sulfide) groups is 1. The highest BCUT2D eigenvalue weighted by Gasteiger charge is 2.19. The maximum absolute atomic E-state index is 12.6. The summed E-state index contributed by atoms with van der Waals surface area (Å²) >= 11 is 7.72. The molecule has 6 nitrogen and oxygen atoms in total. The molecule has 0 spiro atoms. The molecule has 1 N–H and O–H groups in total. The Kier molecular flexibility index (Phi) is 6.87. The highest BCUT2D eigenvalue weighted by atomic mass is 35.5. The van der Waals surface area contributed by atoms with Crippen molar-refractivity contribution < 1.29 is 4.79 Å². The van der Waals surface area contributed by atoms with Crippen LogP contribution in [-0.4, -0.2) is 31.4 Å². The molecule has 4 rings (SSSR count). The van der Waals surface area contributed by atoms with E-state index in [4.69, 9.17) is 11.6 Å². The Morgan fingerprint density at radius 1 is 1.09 bits per heavy atom. The largest absolute Gasteiger partial charge is 0.325 e. The van der Waals surface area contributed by atoms with Crippen molar-refractivity contribution in [3.63, 3.8) is 0 Å². The van der Waals surface area contributed by atoms with E-state index in [1.165, 1.54) is 17.3 Å². The summed E-state index contributed by atoms with van der Waals surface area (Å²) in [5.41, 5.74) is 4.62. The van der Waals surface area contributed by atoms with Gasteiger partial charge in [0, 0.05) is 28.7 Å². The lowest BCUT2D eigenvalue weighted by molar-refractivity contribution is -0.113. The third kappa shape index (κ3) is 4.84. The van der Waals surface area contributed by atoms with Crippen molar-refractivity contribution in [1.82, 2.24) is 19.7 Å². The van der Waals surface area contributed by atoms with Gasteiger partial charge in [-0.3, -0.25) is 14.3 Å². The molecule has 2 aromatic carbocycles. The molecule has 0 atom stereocenters. The van der Waals surface area contributed by atoms with Crippen LogP contribution in [0.3, 0.4) is 0 Å². The average molecular weight is 464 g/mol. The van der Waals surface area contributed by atoms with Gasteiger partial charge in [0.05, 0.1) is 11.4 Å². The first-order valence-electron chi connectivity index (χ1n) is 10.2. The fourth-order valence-electron chi connectivity index (χ4n) is 3.30. The number of halogens is 1. The molecule has 0 radical (unpaired) electrons. The van der Waals surface area contributed by atoms with Crippen LogP contribution < -0.4 is 5.32 Å². The predicted octanol–water partition coefficient (Wildman–Crippen LogP) is 5.58. The molecule has 32 heavy (non-hydrogen) atoms. The van der Waals surface area contributed by atoms with Crippen LogP contribution in [0.4, 0.5) is 5.69 Å². The average Bonchev–Trinajstić information content (AvgIpc) is 3.24. The van der Waals surface area contributed by atoms with Gasteiger partial charge in [-0.15, -0.1) is 10.2 Å². The second-order valence-corrected chi connectivity index (χ2v) is 8.50. The summed E-state index contributed by atoms with van der Waals surface area (Å²) in [7, 11) is 0. The van der Waals surface area contributed by atoms with Crippen LogP contribution in [-0.2, 0) is 11.2 Å². The SMILES string of the molecule is CCc1cccc(NC(=O)CSc2nnc(-c3ccncc3)n2-c2cccc(Cl)c2C)c1. The summed E-state index contributed by atoms with van der Waals surface area (Å²) < 4.78 is 1.94. The molecule has 0 aliphatic heterocycles. The molecular weight excluding hydrogens is 442 g/mol. The molecule has 2 aromatic heterocycles. The van der Waals surface area contributed by atoms with Gasteiger partial charge in [0.15, 0.2) is 11.0 Å². The quantitative estimate of drug-likeness (QED) is 0.362. The summed E-state index contributed by atoms with van der Waals surface area (Å²) in [4.78, 5) is 16.7. The molecule has 162 valence electrons. The van der Waals surface area contributed by atoms with Gasteiger partial charge in [0.25, 0.3) is 0 Å². The van der Waals surface area contributed by atoms with E-state index in [2.05, 4.69) is 27.4 Å². The van der Waals surface area contributed by atoms with Gasteiger partial charge >= 0.3 is 0 Å². The summed E-state index contributed by atoms with van der Waals surface area (Å²) in [6, 6.07) is 17.3. The lowest BCUT2D eigenvalue weighted by Gasteiger charge is -2.14. The molecular formula is C24H22ClN5OS. The highest BCUT2D eigenvalue weighted by Crippen LogP contribution is 2.31. The minimum atomic E-state index is -0.105. The van der Waals surface area contributed by atoms with Crippen molar-refractivity contribution in [2.24, 2.45) is 0 Å². The number of aryl methyl sites for hydroxylation is 1. The van der Waals surface area contributed by atoms with Crippen LogP contribution in [0, 0.1) is 6.92 Å². The first-order chi connectivity index (χ1) is 15.6. The number of hydrogen-bond donors (Lipinski definition) is 1. The highest BCUT2D eigenvalue weighted by molar-refractivity contribution is 7.99. The first kappa shape index (κ1) is 22.0. The van der Waals surface area contributed by atoms with E-state index in [9.17, 15) is 4.79 Å². The summed E-state index contributed by atoms with van der Waals surface area (Å²) in [5, 5.41) is 13.0. The van der Waals surface area contributed by atoms with Crippen LogP contribution in [0.15, 0.2) is 72.1 Å². The predicted molar refractivity (Wildman–Crippen MR) is 130 cm³/mol. The molecule has 4 aromatic rings. The fourth-order valence-corrected chi connectivity index (χ4v) is 4.22. The Balaban J connectivity index is 1.62. The molecule has 0 aliphatic rings. The van der Waals surface area contributed by atoms with E-state index >= 15 is 0 Å². The van der Waals surface area contributed by atoms with Crippen LogP contribution in [0.25, 0.3) is 17.1 Å². The minimum Gasteiger partial charge on any atom is -0.325 e. The number of nitrogens with zero attached hydrogens (tertiary/aromatic N) is 4. The number of pyridine rings is 1. The second-order valence-electron chi connectivity index (χ2n) is 7.15. The standard InChI is InChI=1S/C24H22ClN5OS/c1-3-17-6-4-7-19(14-17)27-22(31)15-32-24-29-28-23(18-10-12-26-13-11-18)30(24)21-9-5-8-20(25)16(21)2/h4-14H,3,15H2,1-2H3,(H,27,31). The Bertz CT molecular complexity index is 1240. The lowest BCUT2D eigenvalue weighted by atomic mass is 10.1. The Morgan fingerprint density at radius 2 is 1.88 bits per heavy atom. The Labute approximate surface area is 196 Å². The van der Waals surface area contributed by atoms with Crippen LogP contribution >= 0.6 is 23.4 Å². The number of aromatic nitrogens is 4. The summed E-state index contributed by atoms with van der Waals surface area (Å²) in [6.45, 7) is 4.04. The maximum atomic E-state index is 12.6. The third-order valence-electron chi connectivity index (χ3n) is 5.00. The van der Waals surface area contributed by atoms with Crippen molar-refractivity contribution in [2.45, 2.75) is 25.4 Å². The Hall–Kier alpha value is -3.16. The number of carbonyl (C=O) groups excluding carboxylic acids is 1. The van der Waals surface area contributed by atoms with Crippen molar-refractivity contribution in [2.75, 3.05) is 11.1 Å². The molecule has 1 amide bonds. The zero-order valence-corrected chi connectivity index (χ0v) is 19.3. The molecule has 2 heterocycles. The van der Waals surface area contributed by atoms with E-state index in [0.717, 1.165) is 28.9 Å². The number of anilines is 1. The molecule has 0 unspecified atom stereocenters. The molecule has 0 saturated carbocycles. The zero-order valence-electron chi connectivity index (χ0n) is 17.7. The molecule has 0 aliphatic carbocycles. The third-order valence-corrected chi connectivity index (χ3v) is 6.34. The minimum absolute atomic E-state index is 0.105. The number of rotatable bonds is 7. The number of amides is 1. The van der Waals surface area contributed by atoms with E-state index in [1.54, 1.807) is 12.4 Å². The summed E-state index contributed by atoms with van der Waals surface area (Å²) in [5.74, 6) is 0.757. The Morgan fingerprint density at radius 3 is 2.66 bits per heavy atom. The van der Waals surface area contributed by atoms with Crippen molar-refractivity contribution in [1.29, 1.82) is 0 Å². The lowest BCUT2D eigenvalue weighted by Crippen LogP contribution is -2.14. The van der Waals surface area contributed by atoms with Gasteiger partial charge in [-0.05, 0) is 60.9 Å². The van der Waals surface area contributed by atoms with Gasteiger partial charge in [0.2, 0.25) is 5.91 Å². The topological polar surface area (TPSA) is 72.7 Å². The van der Waals surface area contributed by atoms with Gasteiger partial charge in [-0.25, -0.2) is 0 Å². The first-order valence-corrected chi connectivity index (χ1v) is 11.6. The molecule has 0 saturated heterocycles. The van der Waals surface area contributed by atoms with Crippen molar-refractivity contribution in [3.8, 4) is 17.1 Å². The number of hydrogen-bond acceptors (Lipinski definition) is 5. The van der Waals surface area contributed by atoms with Crippen LogP contribution in [0.1, 0.15) is 18.1 Å². The van der Waals surface area contributed by atoms with E-state index in [0.29, 0.717) is 16.0 Å². The van der Waals surface area contributed by atoms with Crippen LogP contribution in [0.2, 0.25) is 5.02 Å². The van der Waals surface area contributed by atoms with Crippen LogP contribution in [0.5, 0.6) is 0 Å². The van der Waals surface area contributed by atoms with Gasteiger partial charge in [-0.1, -0.05) is 48.5 Å². The summed E-state index contributed by atoms with van der Waals surface area (Å²) in [6.07, 6.45) is 4.34.